The van der Waals surface area contributed by atoms with Crippen molar-refractivity contribution in [1.29, 1.82) is 0 Å². The zero-order valence-electron chi connectivity index (χ0n) is 12.1. The number of fused-ring (bicyclic) bond motifs is 1. The summed E-state index contributed by atoms with van der Waals surface area (Å²) in [5.41, 5.74) is 1.69. The number of ether oxygens (including phenoxy) is 2. The highest BCUT2D eigenvalue weighted by Gasteiger charge is 2.08. The Labute approximate surface area is 136 Å². The predicted octanol–water partition coefficient (Wildman–Crippen LogP) is 4.15. The van der Waals surface area contributed by atoms with Gasteiger partial charge in [0.05, 0.1) is 19.7 Å². The standard InChI is InChI=1S/C16H14BrN3O2/c1-21-14-6-10-9-18-16(20-13(10)8-15(14)22-2)19-12-5-3-4-11(17)7-12/h3-9H,1-2H3,(H,18,19,20). The Bertz CT molecular complexity index is 824. The maximum atomic E-state index is 5.31. The van der Waals surface area contributed by atoms with Crippen molar-refractivity contribution < 1.29 is 9.47 Å². The van der Waals surface area contributed by atoms with E-state index in [4.69, 9.17) is 9.47 Å². The van der Waals surface area contributed by atoms with E-state index in [1.165, 1.54) is 0 Å². The Morgan fingerprint density at radius 2 is 1.82 bits per heavy atom. The first kappa shape index (κ1) is 14.6. The molecule has 0 aliphatic heterocycles. The van der Waals surface area contributed by atoms with Gasteiger partial charge in [-0.1, -0.05) is 22.0 Å². The maximum absolute atomic E-state index is 5.31. The summed E-state index contributed by atoms with van der Waals surface area (Å²) in [7, 11) is 3.21. The van der Waals surface area contributed by atoms with Crippen LogP contribution in [-0.4, -0.2) is 24.2 Å². The molecule has 0 atom stereocenters. The van der Waals surface area contributed by atoms with Crippen molar-refractivity contribution in [2.75, 3.05) is 19.5 Å². The molecule has 3 aromatic rings. The molecule has 0 aliphatic carbocycles. The molecule has 2 aromatic carbocycles. The van der Waals surface area contributed by atoms with Crippen molar-refractivity contribution >= 4 is 38.5 Å². The lowest BCUT2D eigenvalue weighted by atomic mass is 10.2. The van der Waals surface area contributed by atoms with Crippen LogP contribution in [0.2, 0.25) is 0 Å². The third-order valence-corrected chi connectivity index (χ3v) is 3.66. The normalized spacial score (nSPS) is 10.5. The van der Waals surface area contributed by atoms with Crippen molar-refractivity contribution in [3.8, 4) is 11.5 Å². The van der Waals surface area contributed by atoms with Crippen LogP contribution in [0.25, 0.3) is 10.9 Å². The van der Waals surface area contributed by atoms with Gasteiger partial charge in [-0.3, -0.25) is 0 Å². The highest BCUT2D eigenvalue weighted by molar-refractivity contribution is 9.10. The van der Waals surface area contributed by atoms with Crippen LogP contribution < -0.4 is 14.8 Å². The van der Waals surface area contributed by atoms with Gasteiger partial charge in [0, 0.05) is 27.8 Å². The van der Waals surface area contributed by atoms with Gasteiger partial charge < -0.3 is 14.8 Å². The number of hydrogen-bond donors (Lipinski definition) is 1. The number of benzene rings is 2. The van der Waals surface area contributed by atoms with E-state index < -0.39 is 0 Å². The first-order valence-electron chi connectivity index (χ1n) is 6.61. The van der Waals surface area contributed by atoms with Crippen LogP contribution in [-0.2, 0) is 0 Å². The zero-order chi connectivity index (χ0) is 15.5. The molecular weight excluding hydrogens is 346 g/mol. The lowest BCUT2D eigenvalue weighted by Crippen LogP contribution is -1.98. The molecule has 6 heteroatoms. The summed E-state index contributed by atoms with van der Waals surface area (Å²) in [4.78, 5) is 8.84. The lowest BCUT2D eigenvalue weighted by Gasteiger charge is -2.10. The van der Waals surface area contributed by atoms with Gasteiger partial charge in [0.1, 0.15) is 0 Å². The van der Waals surface area contributed by atoms with Crippen molar-refractivity contribution in [3.05, 3.63) is 47.1 Å². The topological polar surface area (TPSA) is 56.3 Å². The van der Waals surface area contributed by atoms with E-state index in [1.54, 1.807) is 20.4 Å². The molecule has 5 nitrogen and oxygen atoms in total. The number of nitrogens with one attached hydrogen (secondary N) is 1. The van der Waals surface area contributed by atoms with Crippen LogP contribution in [0.1, 0.15) is 0 Å². The fourth-order valence-electron chi connectivity index (χ4n) is 2.11. The molecule has 0 saturated heterocycles. The van der Waals surface area contributed by atoms with Crippen LogP contribution in [0.5, 0.6) is 11.5 Å². The smallest absolute Gasteiger partial charge is 0.227 e. The summed E-state index contributed by atoms with van der Waals surface area (Å²) >= 11 is 3.44. The minimum Gasteiger partial charge on any atom is -0.493 e. The molecule has 0 bridgehead atoms. The molecule has 22 heavy (non-hydrogen) atoms. The monoisotopic (exact) mass is 359 g/mol. The summed E-state index contributed by atoms with van der Waals surface area (Å²) in [5.74, 6) is 1.83. The second-order valence-corrected chi connectivity index (χ2v) is 5.51. The number of anilines is 2. The third kappa shape index (κ3) is 2.96. The highest BCUT2D eigenvalue weighted by Crippen LogP contribution is 2.31. The number of methoxy groups -OCH3 is 2. The van der Waals surface area contributed by atoms with E-state index in [0.29, 0.717) is 17.4 Å². The summed E-state index contributed by atoms with van der Waals surface area (Å²) in [5, 5.41) is 4.07. The number of hydrogen-bond acceptors (Lipinski definition) is 5. The Hall–Kier alpha value is -2.34. The molecule has 0 fully saturated rings. The van der Waals surface area contributed by atoms with E-state index in [0.717, 1.165) is 21.1 Å². The number of halogens is 1. The number of rotatable bonds is 4. The molecule has 3 rings (SSSR count). The van der Waals surface area contributed by atoms with Crippen LogP contribution in [0.3, 0.4) is 0 Å². The van der Waals surface area contributed by atoms with Gasteiger partial charge in [-0.15, -0.1) is 0 Å². The van der Waals surface area contributed by atoms with Crippen molar-refractivity contribution in [1.82, 2.24) is 9.97 Å². The van der Waals surface area contributed by atoms with Crippen molar-refractivity contribution in [2.45, 2.75) is 0 Å². The van der Waals surface area contributed by atoms with Crippen molar-refractivity contribution in [3.63, 3.8) is 0 Å². The second kappa shape index (κ2) is 6.19. The summed E-state index contributed by atoms with van der Waals surface area (Å²) in [6.07, 6.45) is 1.75. The van der Waals surface area contributed by atoms with Gasteiger partial charge in [0.2, 0.25) is 5.95 Å². The minimum absolute atomic E-state index is 0.526. The largest absolute Gasteiger partial charge is 0.493 e. The van der Waals surface area contributed by atoms with Crippen LogP contribution in [0.4, 0.5) is 11.6 Å². The van der Waals surface area contributed by atoms with Gasteiger partial charge in [0.25, 0.3) is 0 Å². The van der Waals surface area contributed by atoms with Gasteiger partial charge in [-0.25, -0.2) is 9.97 Å². The molecule has 1 heterocycles. The van der Waals surface area contributed by atoms with E-state index in [-0.39, 0.29) is 0 Å². The van der Waals surface area contributed by atoms with E-state index in [2.05, 4.69) is 31.2 Å². The van der Waals surface area contributed by atoms with Crippen LogP contribution >= 0.6 is 15.9 Å². The fraction of sp³-hybridized carbons (Fsp3) is 0.125. The Morgan fingerprint density at radius 1 is 1.05 bits per heavy atom. The summed E-state index contributed by atoms with van der Waals surface area (Å²) in [6.45, 7) is 0. The van der Waals surface area contributed by atoms with E-state index in [9.17, 15) is 0 Å². The van der Waals surface area contributed by atoms with Crippen LogP contribution in [0, 0.1) is 0 Å². The Balaban J connectivity index is 1.98. The Kier molecular flexibility index (Phi) is 4.11. The van der Waals surface area contributed by atoms with Gasteiger partial charge >= 0.3 is 0 Å². The molecule has 0 saturated carbocycles. The first-order valence-corrected chi connectivity index (χ1v) is 7.40. The van der Waals surface area contributed by atoms with Gasteiger partial charge in [0.15, 0.2) is 11.5 Å². The van der Waals surface area contributed by atoms with E-state index >= 15 is 0 Å². The Morgan fingerprint density at radius 3 is 2.55 bits per heavy atom. The molecule has 1 N–H and O–H groups in total. The fourth-order valence-corrected chi connectivity index (χ4v) is 2.51. The molecule has 112 valence electrons. The average Bonchev–Trinajstić information content (AvgIpc) is 2.53. The van der Waals surface area contributed by atoms with Gasteiger partial charge in [-0.2, -0.15) is 0 Å². The molecule has 0 amide bonds. The summed E-state index contributed by atoms with van der Waals surface area (Å²) < 4.78 is 11.6. The molecule has 0 radical (unpaired) electrons. The maximum Gasteiger partial charge on any atom is 0.227 e. The second-order valence-electron chi connectivity index (χ2n) is 4.59. The van der Waals surface area contributed by atoms with E-state index in [1.807, 2.05) is 36.4 Å². The zero-order valence-corrected chi connectivity index (χ0v) is 13.7. The molecule has 0 unspecified atom stereocenters. The third-order valence-electron chi connectivity index (χ3n) is 3.17. The molecule has 1 aromatic heterocycles. The SMILES string of the molecule is COc1cc2cnc(Nc3cccc(Br)c3)nc2cc1OC. The highest BCUT2D eigenvalue weighted by atomic mass is 79.9. The lowest BCUT2D eigenvalue weighted by molar-refractivity contribution is 0.356. The predicted molar refractivity (Wildman–Crippen MR) is 90.1 cm³/mol. The summed E-state index contributed by atoms with van der Waals surface area (Å²) in [6, 6.07) is 11.5. The van der Waals surface area contributed by atoms with Crippen LogP contribution in [0.15, 0.2) is 47.1 Å². The minimum atomic E-state index is 0.526. The van der Waals surface area contributed by atoms with Gasteiger partial charge in [-0.05, 0) is 24.3 Å². The quantitative estimate of drug-likeness (QED) is 0.757. The molecule has 0 spiro atoms. The number of nitrogens with zero attached hydrogens (tertiary/aromatic N) is 2. The average molecular weight is 360 g/mol. The van der Waals surface area contributed by atoms with Crippen molar-refractivity contribution in [2.24, 2.45) is 0 Å². The number of aromatic nitrogens is 2. The molecule has 0 aliphatic rings. The first-order chi connectivity index (χ1) is 10.7. The molecular formula is C16H14BrN3O2.